The zero-order valence-corrected chi connectivity index (χ0v) is 10.1. The van der Waals surface area contributed by atoms with Gasteiger partial charge in [-0.1, -0.05) is 5.21 Å². The standard InChI is InChI=1S/C11H10F4N4O/c12-7-3-8(13)10(15)11(9(7)14)16-4-6-5-19(1-2-20)18-17-6/h3,5,16,20H,1-2,4H2. The van der Waals surface area contributed by atoms with E-state index in [1.54, 1.807) is 0 Å². The lowest BCUT2D eigenvalue weighted by atomic mass is 10.2. The first-order valence-corrected chi connectivity index (χ1v) is 5.59. The molecule has 0 fully saturated rings. The van der Waals surface area contributed by atoms with E-state index in [9.17, 15) is 17.6 Å². The largest absolute Gasteiger partial charge is 0.394 e. The van der Waals surface area contributed by atoms with Gasteiger partial charge < -0.3 is 10.4 Å². The summed E-state index contributed by atoms with van der Waals surface area (Å²) in [5.41, 5.74) is -0.610. The molecule has 5 nitrogen and oxygen atoms in total. The van der Waals surface area contributed by atoms with Gasteiger partial charge in [0.1, 0.15) is 11.4 Å². The molecule has 0 aliphatic heterocycles. The summed E-state index contributed by atoms with van der Waals surface area (Å²) in [5.74, 6) is -6.00. The van der Waals surface area contributed by atoms with E-state index in [1.807, 2.05) is 0 Å². The minimum Gasteiger partial charge on any atom is -0.394 e. The average Bonchev–Trinajstić information content (AvgIpc) is 2.85. The van der Waals surface area contributed by atoms with Crippen LogP contribution in [0.3, 0.4) is 0 Å². The molecule has 0 saturated heterocycles. The van der Waals surface area contributed by atoms with Crippen LogP contribution in [0.5, 0.6) is 0 Å². The van der Waals surface area contributed by atoms with Gasteiger partial charge in [-0.25, -0.2) is 22.2 Å². The topological polar surface area (TPSA) is 63.0 Å². The molecule has 9 heteroatoms. The Hall–Kier alpha value is -2.16. The molecular weight excluding hydrogens is 280 g/mol. The minimum atomic E-state index is -1.51. The first-order valence-electron chi connectivity index (χ1n) is 5.59. The van der Waals surface area contributed by atoms with Crippen molar-refractivity contribution >= 4 is 5.69 Å². The van der Waals surface area contributed by atoms with Crippen molar-refractivity contribution in [1.29, 1.82) is 0 Å². The molecule has 108 valence electrons. The lowest BCUT2D eigenvalue weighted by Gasteiger charge is -2.08. The summed E-state index contributed by atoms with van der Waals surface area (Å²) in [6.07, 6.45) is 1.43. The highest BCUT2D eigenvalue weighted by atomic mass is 19.2. The van der Waals surface area contributed by atoms with Gasteiger partial charge in [-0.05, 0) is 0 Å². The number of nitrogens with one attached hydrogen (secondary N) is 1. The molecule has 0 unspecified atom stereocenters. The van der Waals surface area contributed by atoms with Gasteiger partial charge in [0, 0.05) is 6.07 Å². The number of nitrogens with zero attached hydrogens (tertiary/aromatic N) is 3. The predicted molar refractivity (Wildman–Crippen MR) is 60.7 cm³/mol. The zero-order valence-electron chi connectivity index (χ0n) is 10.1. The molecule has 1 aromatic heterocycles. The fourth-order valence-electron chi connectivity index (χ4n) is 1.54. The maximum atomic E-state index is 13.4. The van der Waals surface area contributed by atoms with E-state index in [4.69, 9.17) is 5.11 Å². The summed E-state index contributed by atoms with van der Waals surface area (Å²) in [6.45, 7) is -0.110. The molecule has 0 saturated carbocycles. The molecular formula is C11H10F4N4O. The molecule has 0 radical (unpaired) electrons. The zero-order chi connectivity index (χ0) is 14.7. The molecule has 1 heterocycles. The highest BCUT2D eigenvalue weighted by molar-refractivity contribution is 5.47. The van der Waals surface area contributed by atoms with Crippen LogP contribution in [-0.2, 0) is 13.1 Å². The Morgan fingerprint density at radius 2 is 1.80 bits per heavy atom. The van der Waals surface area contributed by atoms with Crippen molar-refractivity contribution in [3.63, 3.8) is 0 Å². The van der Waals surface area contributed by atoms with Crippen LogP contribution in [0, 0.1) is 23.3 Å². The second kappa shape index (κ2) is 5.87. The fraction of sp³-hybridized carbons (Fsp3) is 0.273. The maximum absolute atomic E-state index is 13.4. The van der Waals surface area contributed by atoms with Gasteiger partial charge in [0.2, 0.25) is 0 Å². The number of benzene rings is 1. The third-order valence-electron chi connectivity index (χ3n) is 2.47. The van der Waals surface area contributed by atoms with Gasteiger partial charge in [-0.15, -0.1) is 5.10 Å². The van der Waals surface area contributed by atoms with E-state index < -0.39 is 29.0 Å². The fourth-order valence-corrected chi connectivity index (χ4v) is 1.54. The molecule has 0 bridgehead atoms. The Morgan fingerprint density at radius 3 is 2.40 bits per heavy atom. The number of aliphatic hydroxyl groups is 1. The maximum Gasteiger partial charge on any atom is 0.185 e. The van der Waals surface area contributed by atoms with Crippen molar-refractivity contribution in [3.05, 3.63) is 41.2 Å². The van der Waals surface area contributed by atoms with Gasteiger partial charge in [0.05, 0.1) is 25.9 Å². The second-order valence-electron chi connectivity index (χ2n) is 3.89. The van der Waals surface area contributed by atoms with E-state index in [0.717, 1.165) is 0 Å². The van der Waals surface area contributed by atoms with Crippen LogP contribution in [0.15, 0.2) is 12.3 Å². The molecule has 0 aliphatic carbocycles. The number of anilines is 1. The Kier molecular flexibility index (Phi) is 4.18. The second-order valence-corrected chi connectivity index (χ2v) is 3.89. The van der Waals surface area contributed by atoms with Crippen LogP contribution in [0.25, 0.3) is 0 Å². The molecule has 0 spiro atoms. The number of aromatic nitrogens is 3. The summed E-state index contributed by atoms with van der Waals surface area (Å²) in [4.78, 5) is 0. The van der Waals surface area contributed by atoms with Gasteiger partial charge in [-0.3, -0.25) is 0 Å². The number of aliphatic hydroxyl groups excluding tert-OH is 1. The van der Waals surface area contributed by atoms with Crippen LogP contribution in [0.4, 0.5) is 23.2 Å². The number of rotatable bonds is 5. The van der Waals surface area contributed by atoms with E-state index in [0.29, 0.717) is 5.69 Å². The van der Waals surface area contributed by atoms with Crippen LogP contribution < -0.4 is 5.32 Å². The Bertz CT molecular complexity index is 590. The highest BCUT2D eigenvalue weighted by Gasteiger charge is 2.19. The molecule has 2 aromatic rings. The summed E-state index contributed by atoms with van der Waals surface area (Å²) in [7, 11) is 0. The SMILES string of the molecule is OCCn1cc(CNc2c(F)c(F)cc(F)c2F)nn1. The van der Waals surface area contributed by atoms with E-state index >= 15 is 0 Å². The molecule has 1 aromatic carbocycles. The average molecular weight is 290 g/mol. The third-order valence-corrected chi connectivity index (χ3v) is 2.47. The number of hydrogen-bond acceptors (Lipinski definition) is 4. The number of halogens is 4. The van der Waals surface area contributed by atoms with E-state index in [2.05, 4.69) is 15.6 Å². The lowest BCUT2D eigenvalue weighted by molar-refractivity contribution is 0.268. The normalized spacial score (nSPS) is 10.8. The summed E-state index contributed by atoms with van der Waals surface area (Å²) < 4.78 is 54.0. The van der Waals surface area contributed by atoms with E-state index in [-0.39, 0.29) is 25.8 Å². The minimum absolute atomic E-state index is 0.132. The van der Waals surface area contributed by atoms with Crippen molar-refractivity contribution in [2.75, 3.05) is 11.9 Å². The Balaban J connectivity index is 2.14. The van der Waals surface area contributed by atoms with Crippen LogP contribution in [0.2, 0.25) is 0 Å². The monoisotopic (exact) mass is 290 g/mol. The van der Waals surface area contributed by atoms with Crippen LogP contribution in [0.1, 0.15) is 5.69 Å². The number of hydrogen-bond donors (Lipinski definition) is 2. The molecule has 20 heavy (non-hydrogen) atoms. The quantitative estimate of drug-likeness (QED) is 0.646. The van der Waals surface area contributed by atoms with Crippen molar-refractivity contribution in [2.24, 2.45) is 0 Å². The molecule has 0 amide bonds. The third kappa shape index (κ3) is 2.87. The highest BCUT2D eigenvalue weighted by Crippen LogP contribution is 2.24. The van der Waals surface area contributed by atoms with Crippen molar-refractivity contribution in [1.82, 2.24) is 15.0 Å². The van der Waals surface area contributed by atoms with Crippen LogP contribution in [-0.4, -0.2) is 26.7 Å². The summed E-state index contributed by atoms with van der Waals surface area (Å²) in [5, 5.41) is 18.2. The van der Waals surface area contributed by atoms with Crippen molar-refractivity contribution < 1.29 is 22.7 Å². The summed E-state index contributed by atoms with van der Waals surface area (Å²) in [6, 6.07) is 0.132. The molecule has 2 N–H and O–H groups in total. The molecule has 0 atom stereocenters. The lowest BCUT2D eigenvalue weighted by Crippen LogP contribution is -2.07. The van der Waals surface area contributed by atoms with Crippen molar-refractivity contribution in [2.45, 2.75) is 13.1 Å². The van der Waals surface area contributed by atoms with E-state index in [1.165, 1.54) is 10.9 Å². The first-order chi connectivity index (χ1) is 9.52. The summed E-state index contributed by atoms with van der Waals surface area (Å²) >= 11 is 0. The van der Waals surface area contributed by atoms with Gasteiger partial charge in [0.15, 0.2) is 23.3 Å². The van der Waals surface area contributed by atoms with Gasteiger partial charge in [-0.2, -0.15) is 0 Å². The molecule has 0 aliphatic rings. The van der Waals surface area contributed by atoms with Crippen LogP contribution >= 0.6 is 0 Å². The Morgan fingerprint density at radius 1 is 1.15 bits per heavy atom. The molecule has 2 rings (SSSR count). The first kappa shape index (κ1) is 14.3. The smallest absolute Gasteiger partial charge is 0.185 e. The van der Waals surface area contributed by atoms with Crippen molar-refractivity contribution in [3.8, 4) is 0 Å². The van der Waals surface area contributed by atoms with Gasteiger partial charge in [0.25, 0.3) is 0 Å². The predicted octanol–water partition coefficient (Wildman–Crippen LogP) is 1.44. The Labute approximate surface area is 110 Å². The van der Waals surface area contributed by atoms with Gasteiger partial charge >= 0.3 is 0 Å².